The first kappa shape index (κ1) is 12.2. The van der Waals surface area contributed by atoms with Crippen molar-refractivity contribution in [3.05, 3.63) is 65.6 Å². The molecule has 0 aliphatic heterocycles. The van der Waals surface area contributed by atoms with Crippen LogP contribution in [0.3, 0.4) is 0 Å². The molecular formula is C16H13N3O. The fourth-order valence-corrected chi connectivity index (χ4v) is 2.32. The van der Waals surface area contributed by atoms with Gasteiger partial charge in [0.2, 0.25) is 0 Å². The summed E-state index contributed by atoms with van der Waals surface area (Å²) in [4.78, 5) is 4.54. The monoisotopic (exact) mass is 263 g/mol. The predicted octanol–water partition coefficient (Wildman–Crippen LogP) is 2.81. The zero-order valence-electron chi connectivity index (χ0n) is 11.1. The van der Waals surface area contributed by atoms with Crippen LogP contribution in [0.4, 0.5) is 0 Å². The Kier molecular flexibility index (Phi) is 3.10. The molecule has 0 bridgehead atoms. The summed E-state index contributed by atoms with van der Waals surface area (Å²) >= 11 is 0. The highest BCUT2D eigenvalue weighted by Crippen LogP contribution is 2.22. The molecule has 2 heterocycles. The van der Waals surface area contributed by atoms with E-state index in [1.165, 1.54) is 0 Å². The second kappa shape index (κ2) is 5.06. The maximum atomic E-state index is 9.37. The molecule has 2 aromatic heterocycles. The van der Waals surface area contributed by atoms with Crippen LogP contribution in [-0.4, -0.2) is 16.5 Å². The molecule has 20 heavy (non-hydrogen) atoms. The molecule has 0 aliphatic rings. The summed E-state index contributed by atoms with van der Waals surface area (Å²) in [5.41, 5.74) is 3.15. The predicted molar refractivity (Wildman–Crippen MR) is 75.7 cm³/mol. The Balaban J connectivity index is 2.09. The number of ether oxygens (including phenoxy) is 1. The standard InChI is InChI=1S/C16H13N3O/c1-20-15-7-3-2-6-12(15)10-13-14(11-17)19-9-5-4-8-16(19)18-13/h2-9H,10H2,1H3. The number of fused-ring (bicyclic) bond motifs is 1. The van der Waals surface area contributed by atoms with Gasteiger partial charge < -0.3 is 4.74 Å². The van der Waals surface area contributed by atoms with Gasteiger partial charge in [0.15, 0.2) is 0 Å². The Morgan fingerprint density at radius 1 is 1.20 bits per heavy atom. The second-order valence-corrected chi connectivity index (χ2v) is 4.44. The van der Waals surface area contributed by atoms with Crippen LogP contribution in [0.15, 0.2) is 48.7 Å². The van der Waals surface area contributed by atoms with Crippen LogP contribution < -0.4 is 4.74 Å². The minimum absolute atomic E-state index is 0.575. The zero-order chi connectivity index (χ0) is 13.9. The van der Waals surface area contributed by atoms with Crippen molar-refractivity contribution in [1.82, 2.24) is 9.38 Å². The summed E-state index contributed by atoms with van der Waals surface area (Å²) in [6.07, 6.45) is 2.43. The molecule has 0 unspecified atom stereocenters. The molecule has 4 nitrogen and oxygen atoms in total. The molecule has 0 atom stereocenters. The smallest absolute Gasteiger partial charge is 0.148 e. The third kappa shape index (κ3) is 1.99. The van der Waals surface area contributed by atoms with E-state index in [-0.39, 0.29) is 0 Å². The van der Waals surface area contributed by atoms with E-state index in [2.05, 4.69) is 11.1 Å². The second-order valence-electron chi connectivity index (χ2n) is 4.44. The third-order valence-corrected chi connectivity index (χ3v) is 3.26. The maximum absolute atomic E-state index is 9.37. The Labute approximate surface area is 116 Å². The van der Waals surface area contributed by atoms with Crippen LogP contribution in [0.5, 0.6) is 5.75 Å². The van der Waals surface area contributed by atoms with Crippen LogP contribution in [0.1, 0.15) is 17.0 Å². The number of nitrogens with zero attached hydrogens (tertiary/aromatic N) is 3. The highest BCUT2D eigenvalue weighted by molar-refractivity contribution is 5.49. The zero-order valence-corrected chi connectivity index (χ0v) is 11.1. The van der Waals surface area contributed by atoms with Gasteiger partial charge in [-0.25, -0.2) is 4.98 Å². The van der Waals surface area contributed by atoms with Gasteiger partial charge in [-0.15, -0.1) is 0 Å². The number of pyridine rings is 1. The lowest BCUT2D eigenvalue weighted by Gasteiger charge is -2.06. The van der Waals surface area contributed by atoms with Gasteiger partial charge in [0.1, 0.15) is 23.2 Å². The van der Waals surface area contributed by atoms with Crippen LogP contribution in [0.25, 0.3) is 5.65 Å². The first-order valence-corrected chi connectivity index (χ1v) is 6.31. The first-order chi connectivity index (χ1) is 9.83. The Hall–Kier alpha value is -2.80. The molecule has 4 heteroatoms. The number of methoxy groups -OCH3 is 1. The quantitative estimate of drug-likeness (QED) is 0.730. The number of hydrogen-bond acceptors (Lipinski definition) is 3. The van der Waals surface area contributed by atoms with Gasteiger partial charge in [-0.05, 0) is 18.2 Å². The largest absolute Gasteiger partial charge is 0.496 e. The molecule has 0 N–H and O–H groups in total. The molecule has 0 fully saturated rings. The molecule has 98 valence electrons. The van der Waals surface area contributed by atoms with Crippen molar-refractivity contribution in [2.24, 2.45) is 0 Å². The van der Waals surface area contributed by atoms with E-state index in [4.69, 9.17) is 4.74 Å². The van der Waals surface area contributed by atoms with Gasteiger partial charge in [0.05, 0.1) is 12.8 Å². The maximum Gasteiger partial charge on any atom is 0.148 e. The summed E-state index contributed by atoms with van der Waals surface area (Å²) in [6.45, 7) is 0. The van der Waals surface area contributed by atoms with Gasteiger partial charge >= 0.3 is 0 Å². The van der Waals surface area contributed by atoms with Gasteiger partial charge in [-0.1, -0.05) is 24.3 Å². The van der Waals surface area contributed by atoms with E-state index in [1.54, 1.807) is 7.11 Å². The molecule has 0 amide bonds. The van der Waals surface area contributed by atoms with Crippen LogP contribution in [0, 0.1) is 11.3 Å². The van der Waals surface area contributed by atoms with E-state index in [0.717, 1.165) is 22.7 Å². The summed E-state index contributed by atoms with van der Waals surface area (Å²) < 4.78 is 7.16. The summed E-state index contributed by atoms with van der Waals surface area (Å²) in [6, 6.07) is 15.7. The number of rotatable bonds is 3. The van der Waals surface area contributed by atoms with Crippen LogP contribution in [0.2, 0.25) is 0 Å². The van der Waals surface area contributed by atoms with Crippen molar-refractivity contribution in [2.45, 2.75) is 6.42 Å². The van der Waals surface area contributed by atoms with E-state index in [9.17, 15) is 5.26 Å². The fourth-order valence-electron chi connectivity index (χ4n) is 2.32. The van der Waals surface area contributed by atoms with Gasteiger partial charge in [-0.3, -0.25) is 4.40 Å². The van der Waals surface area contributed by atoms with Crippen LogP contribution in [-0.2, 0) is 6.42 Å². The third-order valence-electron chi connectivity index (χ3n) is 3.26. The number of hydrogen-bond donors (Lipinski definition) is 0. The van der Waals surface area contributed by atoms with Crippen LogP contribution >= 0.6 is 0 Å². The number of nitriles is 1. The molecule has 0 spiro atoms. The number of benzene rings is 1. The summed E-state index contributed by atoms with van der Waals surface area (Å²) in [5, 5.41) is 9.37. The van der Waals surface area contributed by atoms with Crippen molar-refractivity contribution in [2.75, 3.05) is 7.11 Å². The molecule has 0 aliphatic carbocycles. The normalized spacial score (nSPS) is 10.4. The Morgan fingerprint density at radius 2 is 2.00 bits per heavy atom. The number of para-hydroxylation sites is 1. The van der Waals surface area contributed by atoms with E-state index in [0.29, 0.717) is 12.1 Å². The fraction of sp³-hybridized carbons (Fsp3) is 0.125. The first-order valence-electron chi connectivity index (χ1n) is 6.31. The lowest BCUT2D eigenvalue weighted by Crippen LogP contribution is -1.96. The minimum Gasteiger partial charge on any atom is -0.496 e. The topological polar surface area (TPSA) is 50.3 Å². The lowest BCUT2D eigenvalue weighted by molar-refractivity contribution is 0.410. The van der Waals surface area contributed by atoms with Crippen molar-refractivity contribution in [3.63, 3.8) is 0 Å². The summed E-state index contributed by atoms with van der Waals surface area (Å²) in [5.74, 6) is 0.813. The number of imidazole rings is 1. The van der Waals surface area contributed by atoms with Gasteiger partial charge in [-0.2, -0.15) is 5.26 Å². The van der Waals surface area contributed by atoms with E-state index < -0.39 is 0 Å². The molecule has 0 radical (unpaired) electrons. The molecule has 3 aromatic rings. The average Bonchev–Trinajstić information content (AvgIpc) is 2.85. The van der Waals surface area contributed by atoms with Gasteiger partial charge in [0, 0.05) is 18.2 Å². The lowest BCUT2D eigenvalue weighted by atomic mass is 10.1. The highest BCUT2D eigenvalue weighted by Gasteiger charge is 2.13. The Bertz CT molecular complexity index is 799. The molecule has 0 saturated carbocycles. The average molecular weight is 263 g/mol. The Morgan fingerprint density at radius 3 is 2.80 bits per heavy atom. The van der Waals surface area contributed by atoms with Crippen molar-refractivity contribution in [1.29, 1.82) is 5.26 Å². The summed E-state index contributed by atoms with van der Waals surface area (Å²) in [7, 11) is 1.65. The number of aromatic nitrogens is 2. The van der Waals surface area contributed by atoms with E-state index >= 15 is 0 Å². The van der Waals surface area contributed by atoms with Gasteiger partial charge in [0.25, 0.3) is 0 Å². The molecule has 0 saturated heterocycles. The molecular weight excluding hydrogens is 250 g/mol. The van der Waals surface area contributed by atoms with Crippen molar-refractivity contribution in [3.8, 4) is 11.8 Å². The molecule has 3 rings (SSSR count). The van der Waals surface area contributed by atoms with E-state index in [1.807, 2.05) is 53.1 Å². The highest BCUT2D eigenvalue weighted by atomic mass is 16.5. The van der Waals surface area contributed by atoms with Crippen molar-refractivity contribution < 1.29 is 4.74 Å². The minimum atomic E-state index is 0.575. The molecule has 1 aromatic carbocycles. The SMILES string of the molecule is COc1ccccc1Cc1nc2ccccn2c1C#N. The van der Waals surface area contributed by atoms with Crippen molar-refractivity contribution >= 4 is 5.65 Å².